The van der Waals surface area contributed by atoms with Gasteiger partial charge in [0, 0.05) is 12.6 Å². The van der Waals surface area contributed by atoms with E-state index in [2.05, 4.69) is 12.2 Å². The van der Waals surface area contributed by atoms with Gasteiger partial charge in [0.15, 0.2) is 0 Å². The summed E-state index contributed by atoms with van der Waals surface area (Å²) in [5.41, 5.74) is 1.47. The summed E-state index contributed by atoms with van der Waals surface area (Å²) in [6, 6.07) is 13.3. The molecule has 0 spiro atoms. The Hall–Kier alpha value is -2.73. The van der Waals surface area contributed by atoms with Gasteiger partial charge in [-0.1, -0.05) is 62.6 Å². The molecule has 2 aromatic carbocycles. The van der Waals surface area contributed by atoms with E-state index in [1.54, 1.807) is 6.07 Å². The molecule has 0 aliphatic rings. The highest BCUT2D eigenvalue weighted by molar-refractivity contribution is 5.98. The molecule has 6 heteroatoms. The number of carbonyl (C=O) groups is 1. The monoisotopic (exact) mass is 356 g/mol. The summed E-state index contributed by atoms with van der Waals surface area (Å²) in [5.74, 6) is -0.494. The van der Waals surface area contributed by atoms with Gasteiger partial charge in [-0.2, -0.15) is 0 Å². The third kappa shape index (κ3) is 5.39. The first-order valence-electron chi connectivity index (χ1n) is 8.81. The molecule has 1 unspecified atom stereocenters. The first-order chi connectivity index (χ1) is 12.5. The van der Waals surface area contributed by atoms with E-state index in [9.17, 15) is 20.0 Å². The molecule has 2 N–H and O–H groups in total. The molecular formula is C20H24N2O4. The van der Waals surface area contributed by atoms with Crippen LogP contribution in [-0.4, -0.2) is 15.9 Å². The predicted octanol–water partition coefficient (Wildman–Crippen LogP) is 4.14. The van der Waals surface area contributed by atoms with Crippen LogP contribution in [0.1, 0.15) is 60.2 Å². The quantitative estimate of drug-likeness (QED) is 0.401. The minimum atomic E-state index is -0.567. The Morgan fingerprint density at radius 2 is 1.96 bits per heavy atom. The van der Waals surface area contributed by atoms with Crippen LogP contribution in [0.3, 0.4) is 0 Å². The van der Waals surface area contributed by atoms with Gasteiger partial charge < -0.3 is 10.4 Å². The van der Waals surface area contributed by atoms with Crippen molar-refractivity contribution in [3.63, 3.8) is 0 Å². The lowest BCUT2D eigenvalue weighted by atomic mass is 10.0. The van der Waals surface area contributed by atoms with Crippen LogP contribution in [0.4, 0.5) is 5.69 Å². The zero-order chi connectivity index (χ0) is 18.9. The largest absolute Gasteiger partial charge is 0.388 e. The Morgan fingerprint density at radius 1 is 1.19 bits per heavy atom. The summed E-state index contributed by atoms with van der Waals surface area (Å²) >= 11 is 0. The van der Waals surface area contributed by atoms with Crippen LogP contribution in [0.2, 0.25) is 0 Å². The molecule has 1 atom stereocenters. The molecule has 0 fully saturated rings. The molecule has 1 amide bonds. The second kappa shape index (κ2) is 9.68. The maximum atomic E-state index is 12.3. The van der Waals surface area contributed by atoms with Crippen molar-refractivity contribution in [3.8, 4) is 0 Å². The summed E-state index contributed by atoms with van der Waals surface area (Å²) in [6.45, 7) is 2.35. The fourth-order valence-electron chi connectivity index (χ4n) is 2.77. The molecule has 0 saturated carbocycles. The van der Waals surface area contributed by atoms with E-state index < -0.39 is 16.9 Å². The van der Waals surface area contributed by atoms with Gasteiger partial charge in [0.1, 0.15) is 5.56 Å². The van der Waals surface area contributed by atoms with Crippen LogP contribution in [0.15, 0.2) is 48.5 Å². The number of nitro benzene ring substituents is 1. The predicted molar refractivity (Wildman–Crippen MR) is 99.8 cm³/mol. The average molecular weight is 356 g/mol. The number of aliphatic hydroxyl groups excluding tert-OH is 1. The standard InChI is InChI=1S/C20H24N2O4/c1-2-3-4-12-19(23)16-9-7-8-15(13-16)14-21-20(24)17-10-5-6-11-18(17)22(25)26/h5-11,13,19,23H,2-4,12,14H2,1H3,(H,21,24). The number of benzene rings is 2. The third-order valence-electron chi connectivity index (χ3n) is 4.22. The third-order valence-corrected chi connectivity index (χ3v) is 4.22. The molecule has 6 nitrogen and oxygen atoms in total. The van der Waals surface area contributed by atoms with Gasteiger partial charge in [0.2, 0.25) is 0 Å². The van der Waals surface area contributed by atoms with Gasteiger partial charge in [0.05, 0.1) is 11.0 Å². The molecule has 0 saturated heterocycles. The normalized spacial score (nSPS) is 11.8. The van der Waals surface area contributed by atoms with Crippen molar-refractivity contribution in [1.82, 2.24) is 5.32 Å². The SMILES string of the molecule is CCCCCC(O)c1cccc(CNC(=O)c2ccccc2[N+](=O)[O-])c1. The molecule has 138 valence electrons. The van der Waals surface area contributed by atoms with E-state index in [1.807, 2.05) is 24.3 Å². The lowest BCUT2D eigenvalue weighted by Crippen LogP contribution is -2.23. The molecule has 2 aromatic rings. The molecule has 0 aromatic heterocycles. The minimum Gasteiger partial charge on any atom is -0.388 e. The number of hydrogen-bond acceptors (Lipinski definition) is 4. The number of rotatable bonds is 9. The van der Waals surface area contributed by atoms with Crippen molar-refractivity contribution in [2.45, 2.75) is 45.3 Å². The van der Waals surface area contributed by atoms with E-state index in [0.29, 0.717) is 6.42 Å². The minimum absolute atomic E-state index is 0.0354. The number of para-hydroxylation sites is 1. The van der Waals surface area contributed by atoms with Gasteiger partial charge in [-0.05, 0) is 23.6 Å². The van der Waals surface area contributed by atoms with E-state index in [0.717, 1.165) is 30.4 Å². The number of carbonyl (C=O) groups excluding carboxylic acids is 1. The van der Waals surface area contributed by atoms with E-state index in [1.165, 1.54) is 18.2 Å². The number of hydrogen-bond donors (Lipinski definition) is 2. The second-order valence-electron chi connectivity index (χ2n) is 6.21. The first kappa shape index (κ1) is 19.6. The molecule has 0 aliphatic heterocycles. The number of nitro groups is 1. The zero-order valence-corrected chi connectivity index (χ0v) is 14.9. The fourth-order valence-corrected chi connectivity index (χ4v) is 2.77. The van der Waals surface area contributed by atoms with Crippen molar-refractivity contribution in [2.75, 3.05) is 0 Å². The van der Waals surface area contributed by atoms with Gasteiger partial charge in [-0.3, -0.25) is 14.9 Å². The van der Waals surface area contributed by atoms with Crippen LogP contribution in [-0.2, 0) is 6.54 Å². The topological polar surface area (TPSA) is 92.5 Å². The molecule has 26 heavy (non-hydrogen) atoms. The number of amides is 1. The number of nitrogens with zero attached hydrogens (tertiary/aromatic N) is 1. The Bertz CT molecular complexity index is 761. The zero-order valence-electron chi connectivity index (χ0n) is 14.9. The number of unbranched alkanes of at least 4 members (excludes halogenated alkanes) is 2. The van der Waals surface area contributed by atoms with E-state index in [-0.39, 0.29) is 17.8 Å². The first-order valence-corrected chi connectivity index (χ1v) is 8.81. The number of aliphatic hydroxyl groups is 1. The van der Waals surface area contributed by atoms with Gasteiger partial charge >= 0.3 is 0 Å². The van der Waals surface area contributed by atoms with Crippen molar-refractivity contribution in [2.24, 2.45) is 0 Å². The Balaban J connectivity index is 2.00. The average Bonchev–Trinajstić information content (AvgIpc) is 2.66. The number of nitrogens with one attached hydrogen (secondary N) is 1. The fraction of sp³-hybridized carbons (Fsp3) is 0.350. The molecular weight excluding hydrogens is 332 g/mol. The van der Waals surface area contributed by atoms with Crippen LogP contribution >= 0.6 is 0 Å². The summed E-state index contributed by atoms with van der Waals surface area (Å²) in [5, 5.41) is 24.0. The van der Waals surface area contributed by atoms with Gasteiger partial charge in [0.25, 0.3) is 11.6 Å². The second-order valence-corrected chi connectivity index (χ2v) is 6.21. The Morgan fingerprint density at radius 3 is 2.69 bits per heavy atom. The lowest BCUT2D eigenvalue weighted by molar-refractivity contribution is -0.385. The highest BCUT2D eigenvalue weighted by Gasteiger charge is 2.18. The molecule has 2 rings (SSSR count). The van der Waals surface area contributed by atoms with Gasteiger partial charge in [-0.25, -0.2) is 0 Å². The Kier molecular flexibility index (Phi) is 7.29. The summed E-state index contributed by atoms with van der Waals surface area (Å²) in [7, 11) is 0. The van der Waals surface area contributed by atoms with Crippen molar-refractivity contribution in [1.29, 1.82) is 0 Å². The summed E-state index contributed by atoms with van der Waals surface area (Å²) in [6.07, 6.45) is 3.34. The van der Waals surface area contributed by atoms with E-state index >= 15 is 0 Å². The maximum absolute atomic E-state index is 12.3. The van der Waals surface area contributed by atoms with Crippen LogP contribution in [0.5, 0.6) is 0 Å². The molecule has 0 radical (unpaired) electrons. The highest BCUT2D eigenvalue weighted by Crippen LogP contribution is 2.21. The van der Waals surface area contributed by atoms with Gasteiger partial charge in [-0.15, -0.1) is 0 Å². The summed E-state index contributed by atoms with van der Waals surface area (Å²) < 4.78 is 0. The van der Waals surface area contributed by atoms with Crippen LogP contribution in [0.25, 0.3) is 0 Å². The maximum Gasteiger partial charge on any atom is 0.282 e. The summed E-state index contributed by atoms with van der Waals surface area (Å²) in [4.78, 5) is 22.7. The molecule has 0 heterocycles. The van der Waals surface area contributed by atoms with Crippen LogP contribution in [0, 0.1) is 10.1 Å². The van der Waals surface area contributed by atoms with Crippen molar-refractivity contribution >= 4 is 11.6 Å². The smallest absolute Gasteiger partial charge is 0.282 e. The molecule has 0 aliphatic carbocycles. The molecule has 0 bridgehead atoms. The van der Waals surface area contributed by atoms with Crippen LogP contribution < -0.4 is 5.32 Å². The highest BCUT2D eigenvalue weighted by atomic mass is 16.6. The van der Waals surface area contributed by atoms with Crippen molar-refractivity contribution in [3.05, 3.63) is 75.3 Å². The van der Waals surface area contributed by atoms with Crippen molar-refractivity contribution < 1.29 is 14.8 Å². The Labute approximate surface area is 153 Å². The lowest BCUT2D eigenvalue weighted by Gasteiger charge is -2.12. The van der Waals surface area contributed by atoms with E-state index in [4.69, 9.17) is 0 Å².